The molecule has 2 aromatic carbocycles. The molecular weight excluding hydrogens is 338 g/mol. The lowest BCUT2D eigenvalue weighted by molar-refractivity contribution is -0.136. The molecule has 106 valence electrons. The van der Waals surface area contributed by atoms with Crippen LogP contribution in [0.5, 0.6) is 0 Å². The van der Waals surface area contributed by atoms with Crippen molar-refractivity contribution in [2.75, 3.05) is 5.32 Å². The van der Waals surface area contributed by atoms with Gasteiger partial charge in [-0.2, -0.15) is 13.2 Å². The van der Waals surface area contributed by atoms with Gasteiger partial charge in [0.15, 0.2) is 0 Å². The fourth-order valence-corrected chi connectivity index (χ4v) is 2.07. The third kappa shape index (κ3) is 3.50. The Balaban J connectivity index is 2.19. The molecule has 2 aromatic rings. The summed E-state index contributed by atoms with van der Waals surface area (Å²) < 4.78 is 52.5. The molecule has 0 fully saturated rings. The van der Waals surface area contributed by atoms with Crippen LogP contribution >= 0.6 is 15.9 Å². The van der Waals surface area contributed by atoms with Crippen molar-refractivity contribution in [3.63, 3.8) is 0 Å². The van der Waals surface area contributed by atoms with E-state index in [0.717, 1.165) is 6.07 Å². The Morgan fingerprint density at radius 3 is 2.40 bits per heavy atom. The van der Waals surface area contributed by atoms with Crippen LogP contribution in [-0.2, 0) is 12.7 Å². The molecule has 0 saturated carbocycles. The van der Waals surface area contributed by atoms with Gasteiger partial charge in [-0.15, -0.1) is 0 Å². The molecule has 1 nitrogen and oxygen atoms in total. The topological polar surface area (TPSA) is 12.0 Å². The minimum atomic E-state index is -4.44. The van der Waals surface area contributed by atoms with E-state index in [0.29, 0.717) is 10.0 Å². The molecule has 0 heterocycles. The molecule has 0 amide bonds. The predicted octanol–water partition coefficient (Wildman–Crippen LogP) is 5.22. The van der Waals surface area contributed by atoms with Crippen LogP contribution in [-0.4, -0.2) is 0 Å². The van der Waals surface area contributed by atoms with Crippen LogP contribution in [0.2, 0.25) is 0 Å². The molecule has 20 heavy (non-hydrogen) atoms. The van der Waals surface area contributed by atoms with Crippen molar-refractivity contribution in [3.05, 3.63) is 63.9 Å². The molecule has 0 bridgehead atoms. The highest BCUT2D eigenvalue weighted by molar-refractivity contribution is 9.10. The molecule has 0 aliphatic heterocycles. The van der Waals surface area contributed by atoms with E-state index in [9.17, 15) is 17.6 Å². The number of hydrogen-bond acceptors (Lipinski definition) is 1. The molecule has 0 aliphatic carbocycles. The van der Waals surface area contributed by atoms with Crippen LogP contribution in [0.3, 0.4) is 0 Å². The van der Waals surface area contributed by atoms with Crippen LogP contribution in [0.15, 0.2) is 46.9 Å². The first-order valence-electron chi connectivity index (χ1n) is 5.72. The molecule has 1 N–H and O–H groups in total. The van der Waals surface area contributed by atoms with Crippen molar-refractivity contribution < 1.29 is 17.6 Å². The maximum absolute atomic E-state index is 13.6. The quantitative estimate of drug-likeness (QED) is 0.750. The summed E-state index contributed by atoms with van der Waals surface area (Å²) in [6.07, 6.45) is -4.44. The first-order valence-corrected chi connectivity index (χ1v) is 6.51. The molecule has 0 atom stereocenters. The Bertz CT molecular complexity index is 610. The second-order valence-corrected chi connectivity index (χ2v) is 5.05. The molecule has 2 rings (SSSR count). The van der Waals surface area contributed by atoms with Crippen molar-refractivity contribution in [1.29, 1.82) is 0 Å². The highest BCUT2D eigenvalue weighted by Crippen LogP contribution is 2.34. The van der Waals surface area contributed by atoms with Crippen molar-refractivity contribution in [1.82, 2.24) is 0 Å². The summed E-state index contributed by atoms with van der Waals surface area (Å²) in [6.45, 7) is -0.0216. The van der Waals surface area contributed by atoms with Gasteiger partial charge < -0.3 is 5.32 Å². The summed E-state index contributed by atoms with van der Waals surface area (Å²) in [5.41, 5.74) is -0.537. The maximum atomic E-state index is 13.6. The van der Waals surface area contributed by atoms with E-state index in [1.807, 2.05) is 0 Å². The average molecular weight is 348 g/mol. The molecular formula is C14H10BrF4N. The Morgan fingerprint density at radius 1 is 1.05 bits per heavy atom. The summed E-state index contributed by atoms with van der Waals surface area (Å²) in [7, 11) is 0. The SMILES string of the molecule is Fc1cc(Br)ccc1CNc1ccccc1C(F)(F)F. The number of anilines is 1. The third-order valence-electron chi connectivity index (χ3n) is 2.72. The highest BCUT2D eigenvalue weighted by Gasteiger charge is 2.33. The van der Waals surface area contributed by atoms with Crippen LogP contribution < -0.4 is 5.32 Å². The van der Waals surface area contributed by atoms with Crippen molar-refractivity contribution in [3.8, 4) is 0 Å². The molecule has 0 aromatic heterocycles. The lowest BCUT2D eigenvalue weighted by Gasteiger charge is -2.14. The Labute approximate surface area is 121 Å². The molecule has 0 unspecified atom stereocenters. The van der Waals surface area contributed by atoms with E-state index in [-0.39, 0.29) is 12.2 Å². The van der Waals surface area contributed by atoms with Gasteiger partial charge in [-0.05, 0) is 24.3 Å². The van der Waals surface area contributed by atoms with Crippen molar-refractivity contribution >= 4 is 21.6 Å². The van der Waals surface area contributed by atoms with Crippen molar-refractivity contribution in [2.24, 2.45) is 0 Å². The van der Waals surface area contributed by atoms with Gasteiger partial charge in [-0.3, -0.25) is 0 Å². The maximum Gasteiger partial charge on any atom is 0.418 e. The summed E-state index contributed by atoms with van der Waals surface area (Å²) in [4.78, 5) is 0. The van der Waals surface area contributed by atoms with E-state index in [2.05, 4.69) is 21.2 Å². The fourth-order valence-electron chi connectivity index (χ4n) is 1.74. The number of benzene rings is 2. The fraction of sp³-hybridized carbons (Fsp3) is 0.143. The van der Waals surface area contributed by atoms with E-state index in [1.165, 1.54) is 30.3 Å². The molecule has 0 saturated heterocycles. The Hall–Kier alpha value is -1.56. The van der Waals surface area contributed by atoms with Gasteiger partial charge in [0.25, 0.3) is 0 Å². The number of para-hydroxylation sites is 1. The molecule has 0 aliphatic rings. The zero-order chi connectivity index (χ0) is 14.8. The first kappa shape index (κ1) is 14.8. The summed E-state index contributed by atoms with van der Waals surface area (Å²) in [5, 5.41) is 2.62. The van der Waals surface area contributed by atoms with Gasteiger partial charge in [0, 0.05) is 22.3 Å². The smallest absolute Gasteiger partial charge is 0.380 e. The third-order valence-corrected chi connectivity index (χ3v) is 3.21. The second-order valence-electron chi connectivity index (χ2n) is 4.13. The number of rotatable bonds is 3. The second kappa shape index (κ2) is 5.83. The van der Waals surface area contributed by atoms with Crippen LogP contribution in [0.4, 0.5) is 23.2 Å². The predicted molar refractivity (Wildman–Crippen MR) is 72.9 cm³/mol. The summed E-state index contributed by atoms with van der Waals surface area (Å²) in [5.74, 6) is -0.476. The van der Waals surface area contributed by atoms with Crippen LogP contribution in [0.25, 0.3) is 0 Å². The van der Waals surface area contributed by atoms with Gasteiger partial charge in [0.2, 0.25) is 0 Å². The van der Waals surface area contributed by atoms with Gasteiger partial charge in [-0.25, -0.2) is 4.39 Å². The van der Waals surface area contributed by atoms with Gasteiger partial charge in [0.1, 0.15) is 5.82 Å². The van der Waals surface area contributed by atoms with Gasteiger partial charge >= 0.3 is 6.18 Å². The number of nitrogens with one attached hydrogen (secondary N) is 1. The standard InChI is InChI=1S/C14H10BrF4N/c15-10-6-5-9(12(16)7-10)8-20-13-4-2-1-3-11(13)14(17,18)19/h1-7,20H,8H2. The lowest BCUT2D eigenvalue weighted by atomic mass is 10.1. The number of halogens is 5. The van der Waals surface area contributed by atoms with Crippen molar-refractivity contribution in [2.45, 2.75) is 12.7 Å². The molecule has 0 spiro atoms. The molecule has 0 radical (unpaired) electrons. The van der Waals surface area contributed by atoms with E-state index < -0.39 is 17.6 Å². The number of hydrogen-bond donors (Lipinski definition) is 1. The zero-order valence-electron chi connectivity index (χ0n) is 10.1. The number of alkyl halides is 3. The highest BCUT2D eigenvalue weighted by atomic mass is 79.9. The monoisotopic (exact) mass is 347 g/mol. The van der Waals surface area contributed by atoms with E-state index >= 15 is 0 Å². The lowest BCUT2D eigenvalue weighted by Crippen LogP contribution is -2.11. The first-order chi connectivity index (χ1) is 9.38. The van der Waals surface area contributed by atoms with E-state index in [4.69, 9.17) is 0 Å². The van der Waals surface area contributed by atoms with Gasteiger partial charge in [0.05, 0.1) is 5.56 Å². The molecule has 6 heteroatoms. The summed E-state index contributed by atoms with van der Waals surface area (Å²) >= 11 is 3.12. The zero-order valence-corrected chi connectivity index (χ0v) is 11.7. The minimum Gasteiger partial charge on any atom is -0.380 e. The Kier molecular flexibility index (Phi) is 4.32. The summed E-state index contributed by atoms with van der Waals surface area (Å²) in [6, 6.07) is 9.54. The average Bonchev–Trinajstić information content (AvgIpc) is 2.37. The van der Waals surface area contributed by atoms with Crippen LogP contribution in [0.1, 0.15) is 11.1 Å². The van der Waals surface area contributed by atoms with E-state index in [1.54, 1.807) is 6.07 Å². The van der Waals surface area contributed by atoms with Crippen LogP contribution in [0, 0.1) is 5.82 Å². The normalized spacial score (nSPS) is 11.4. The Morgan fingerprint density at radius 2 is 1.75 bits per heavy atom. The van der Waals surface area contributed by atoms with Gasteiger partial charge in [-0.1, -0.05) is 34.1 Å². The minimum absolute atomic E-state index is 0.0216. The largest absolute Gasteiger partial charge is 0.418 e.